The first kappa shape index (κ1) is 15.1. The predicted molar refractivity (Wildman–Crippen MR) is 83.7 cm³/mol. The van der Waals surface area contributed by atoms with Crippen molar-refractivity contribution in [3.63, 3.8) is 0 Å². The Hall–Kier alpha value is -1.30. The van der Waals surface area contributed by atoms with Gasteiger partial charge in [0, 0.05) is 12.5 Å². The Morgan fingerprint density at radius 1 is 1.25 bits per heavy atom. The van der Waals surface area contributed by atoms with Crippen LogP contribution >= 0.6 is 11.5 Å². The third-order valence-corrected chi connectivity index (χ3v) is 4.38. The van der Waals surface area contributed by atoms with Crippen LogP contribution in [0.15, 0.2) is 24.3 Å². The lowest BCUT2D eigenvalue weighted by Gasteiger charge is -2.12. The van der Waals surface area contributed by atoms with Crippen molar-refractivity contribution < 1.29 is 0 Å². The fourth-order valence-corrected chi connectivity index (χ4v) is 2.74. The van der Waals surface area contributed by atoms with Crippen LogP contribution in [0.4, 0.5) is 0 Å². The molecule has 5 heteroatoms. The smallest absolute Gasteiger partial charge is 0.147 e. The molecule has 2 atom stereocenters. The molecule has 0 spiro atoms. The zero-order valence-electron chi connectivity index (χ0n) is 12.0. The molecule has 1 aromatic heterocycles. The Kier molecular flexibility index (Phi) is 5.23. The highest BCUT2D eigenvalue weighted by atomic mass is 32.1. The first-order valence-corrected chi connectivity index (χ1v) is 7.75. The van der Waals surface area contributed by atoms with Gasteiger partial charge in [-0.25, -0.2) is 4.98 Å². The van der Waals surface area contributed by atoms with Crippen LogP contribution in [0.5, 0.6) is 0 Å². The number of aryl methyl sites for hydroxylation is 1. The summed E-state index contributed by atoms with van der Waals surface area (Å²) in [5.41, 5.74) is 14.6. The third kappa shape index (κ3) is 3.85. The standard InChI is InChI=1S/C15H22N4S/c1-3-12(16)9-13(17)15-18-14(19-20-15)8-11-7-5-4-6-10(11)2/h4-7,12-13H,3,8-9,16-17H2,1-2H3. The average molecular weight is 290 g/mol. The molecule has 4 nitrogen and oxygen atoms in total. The zero-order valence-corrected chi connectivity index (χ0v) is 12.9. The summed E-state index contributed by atoms with van der Waals surface area (Å²) >= 11 is 1.39. The maximum atomic E-state index is 6.14. The van der Waals surface area contributed by atoms with E-state index in [0.717, 1.165) is 30.1 Å². The van der Waals surface area contributed by atoms with Gasteiger partial charge in [0.1, 0.15) is 10.8 Å². The molecule has 0 fully saturated rings. The highest BCUT2D eigenvalue weighted by Gasteiger charge is 2.15. The molecule has 4 N–H and O–H groups in total. The summed E-state index contributed by atoms with van der Waals surface area (Å²) in [4.78, 5) is 4.56. The summed E-state index contributed by atoms with van der Waals surface area (Å²) in [5.74, 6) is 0.847. The van der Waals surface area contributed by atoms with E-state index in [-0.39, 0.29) is 12.1 Å². The van der Waals surface area contributed by atoms with Gasteiger partial charge in [-0.2, -0.15) is 4.37 Å². The number of hydrogen-bond donors (Lipinski definition) is 2. The molecule has 0 amide bonds. The molecule has 1 heterocycles. The van der Waals surface area contributed by atoms with E-state index in [9.17, 15) is 0 Å². The van der Waals surface area contributed by atoms with Crippen molar-refractivity contribution in [3.05, 3.63) is 46.2 Å². The van der Waals surface area contributed by atoms with Crippen LogP contribution in [-0.2, 0) is 6.42 Å². The first-order chi connectivity index (χ1) is 9.60. The molecule has 0 aliphatic carbocycles. The summed E-state index contributed by atoms with van der Waals surface area (Å²) in [7, 11) is 0. The van der Waals surface area contributed by atoms with Crippen LogP contribution in [0.2, 0.25) is 0 Å². The van der Waals surface area contributed by atoms with E-state index in [1.807, 2.05) is 12.1 Å². The molecule has 1 aromatic carbocycles. The van der Waals surface area contributed by atoms with Gasteiger partial charge in [0.25, 0.3) is 0 Å². The summed E-state index contributed by atoms with van der Waals surface area (Å²) in [6.45, 7) is 4.18. The SMILES string of the molecule is CCC(N)CC(N)c1nc(Cc2ccccc2C)ns1. The monoisotopic (exact) mass is 290 g/mol. The highest BCUT2D eigenvalue weighted by molar-refractivity contribution is 7.05. The number of nitrogens with zero attached hydrogens (tertiary/aromatic N) is 2. The van der Waals surface area contributed by atoms with E-state index in [1.165, 1.54) is 22.7 Å². The minimum Gasteiger partial charge on any atom is -0.328 e. The molecular weight excluding hydrogens is 268 g/mol. The molecule has 0 saturated heterocycles. The van der Waals surface area contributed by atoms with E-state index in [0.29, 0.717) is 0 Å². The molecule has 2 unspecified atom stereocenters. The normalized spacial score (nSPS) is 14.2. The van der Waals surface area contributed by atoms with Crippen LogP contribution in [-0.4, -0.2) is 15.4 Å². The van der Waals surface area contributed by atoms with Crippen molar-refractivity contribution in [2.24, 2.45) is 11.5 Å². The molecule has 0 aliphatic heterocycles. The first-order valence-electron chi connectivity index (χ1n) is 6.98. The van der Waals surface area contributed by atoms with E-state index in [1.54, 1.807) is 0 Å². The van der Waals surface area contributed by atoms with Gasteiger partial charge in [-0.3, -0.25) is 0 Å². The Labute approximate surface area is 124 Å². The van der Waals surface area contributed by atoms with Crippen LogP contribution in [0.3, 0.4) is 0 Å². The van der Waals surface area contributed by atoms with Gasteiger partial charge in [0.2, 0.25) is 0 Å². The minimum atomic E-state index is -0.104. The van der Waals surface area contributed by atoms with Crippen LogP contribution in [0, 0.1) is 6.92 Å². The van der Waals surface area contributed by atoms with E-state index >= 15 is 0 Å². The molecule has 2 aromatic rings. The van der Waals surface area contributed by atoms with E-state index < -0.39 is 0 Å². The van der Waals surface area contributed by atoms with Crippen LogP contribution in [0.25, 0.3) is 0 Å². The van der Waals surface area contributed by atoms with Crippen LogP contribution in [0.1, 0.15) is 47.8 Å². The minimum absolute atomic E-state index is 0.104. The van der Waals surface area contributed by atoms with E-state index in [4.69, 9.17) is 11.5 Å². The number of rotatable bonds is 6. The number of nitrogens with two attached hydrogens (primary N) is 2. The van der Waals surface area contributed by atoms with Gasteiger partial charge >= 0.3 is 0 Å². The molecule has 20 heavy (non-hydrogen) atoms. The molecule has 108 valence electrons. The summed E-state index contributed by atoms with van der Waals surface area (Å²) in [5, 5.41) is 0.887. The maximum Gasteiger partial charge on any atom is 0.147 e. The number of benzene rings is 1. The molecule has 0 aliphatic rings. The van der Waals surface area contributed by atoms with Crippen molar-refractivity contribution >= 4 is 11.5 Å². The zero-order chi connectivity index (χ0) is 14.5. The van der Waals surface area contributed by atoms with Crippen molar-refractivity contribution in [2.45, 2.75) is 45.2 Å². The molecule has 2 rings (SSSR count). The van der Waals surface area contributed by atoms with E-state index in [2.05, 4.69) is 35.3 Å². The second-order valence-corrected chi connectivity index (χ2v) is 5.95. The number of aromatic nitrogens is 2. The second-order valence-electron chi connectivity index (χ2n) is 5.16. The topological polar surface area (TPSA) is 77.8 Å². The summed E-state index contributed by atoms with van der Waals surface area (Å²) in [6, 6.07) is 8.33. The fraction of sp³-hybridized carbons (Fsp3) is 0.467. The van der Waals surface area contributed by atoms with Crippen molar-refractivity contribution in [1.82, 2.24) is 9.36 Å². The highest BCUT2D eigenvalue weighted by Crippen LogP contribution is 2.20. The fourth-order valence-electron chi connectivity index (χ4n) is 2.06. The van der Waals surface area contributed by atoms with Gasteiger partial charge in [0.05, 0.1) is 6.04 Å². The van der Waals surface area contributed by atoms with Gasteiger partial charge < -0.3 is 11.5 Å². The molecule has 0 bridgehead atoms. The Morgan fingerprint density at radius 2 is 2.00 bits per heavy atom. The lowest BCUT2D eigenvalue weighted by Crippen LogP contribution is -2.25. The summed E-state index contributed by atoms with van der Waals surface area (Å²) in [6.07, 6.45) is 2.45. The van der Waals surface area contributed by atoms with Crippen molar-refractivity contribution in [1.29, 1.82) is 0 Å². The molecule has 0 saturated carbocycles. The molecular formula is C15H22N4S. The molecule has 0 radical (unpaired) electrons. The lowest BCUT2D eigenvalue weighted by molar-refractivity contribution is 0.523. The Bertz CT molecular complexity index is 552. The maximum absolute atomic E-state index is 6.14. The average Bonchev–Trinajstić information content (AvgIpc) is 2.90. The van der Waals surface area contributed by atoms with Gasteiger partial charge in [-0.1, -0.05) is 31.2 Å². The summed E-state index contributed by atoms with van der Waals surface area (Å²) < 4.78 is 4.42. The largest absolute Gasteiger partial charge is 0.328 e. The van der Waals surface area contributed by atoms with Crippen LogP contribution < -0.4 is 11.5 Å². The van der Waals surface area contributed by atoms with Crippen molar-refractivity contribution in [3.8, 4) is 0 Å². The third-order valence-electron chi connectivity index (χ3n) is 3.49. The second kappa shape index (κ2) is 6.92. The Balaban J connectivity index is 2.04. The lowest BCUT2D eigenvalue weighted by atomic mass is 10.1. The Morgan fingerprint density at radius 3 is 2.70 bits per heavy atom. The van der Waals surface area contributed by atoms with Gasteiger partial charge in [-0.05, 0) is 42.4 Å². The number of hydrogen-bond acceptors (Lipinski definition) is 5. The van der Waals surface area contributed by atoms with Gasteiger partial charge in [0.15, 0.2) is 0 Å². The predicted octanol–water partition coefficient (Wildman–Crippen LogP) is 2.56. The van der Waals surface area contributed by atoms with Crippen molar-refractivity contribution in [2.75, 3.05) is 0 Å². The van der Waals surface area contributed by atoms with Gasteiger partial charge in [-0.15, -0.1) is 0 Å². The quantitative estimate of drug-likeness (QED) is 0.857.